The van der Waals surface area contributed by atoms with Crippen molar-refractivity contribution in [1.82, 2.24) is 4.90 Å². The fourth-order valence-corrected chi connectivity index (χ4v) is 4.66. The van der Waals surface area contributed by atoms with Crippen LogP contribution in [-0.4, -0.2) is 24.5 Å². The number of ether oxygens (including phenoxy) is 1. The number of hydrogen-bond donors (Lipinski definition) is 0. The second kappa shape index (κ2) is 6.75. The zero-order valence-electron chi connectivity index (χ0n) is 15.0. The van der Waals surface area contributed by atoms with E-state index in [1.807, 2.05) is 18.2 Å². The zero-order valence-corrected chi connectivity index (χ0v) is 15.8. The molecule has 0 aromatic heterocycles. The first-order valence-corrected chi connectivity index (χ1v) is 10.2. The van der Waals surface area contributed by atoms with Crippen molar-refractivity contribution in [2.75, 3.05) is 19.6 Å². The number of nitrogens with zero attached hydrogens (tertiary/aromatic N) is 1. The minimum Gasteiger partial charge on any atom is -0.456 e. The molecule has 0 N–H and O–H groups in total. The predicted molar refractivity (Wildman–Crippen MR) is 107 cm³/mol. The maximum atomic E-state index is 6.32. The van der Waals surface area contributed by atoms with Crippen molar-refractivity contribution >= 4 is 17.2 Å². The van der Waals surface area contributed by atoms with Gasteiger partial charge in [-0.3, -0.25) is 0 Å². The third-order valence-corrected chi connectivity index (χ3v) is 6.38. The zero-order chi connectivity index (χ0) is 17.5. The Morgan fingerprint density at radius 1 is 0.962 bits per heavy atom. The minimum atomic E-state index is 0.771. The van der Waals surface area contributed by atoms with Gasteiger partial charge in [0.25, 0.3) is 0 Å². The molecule has 0 radical (unpaired) electrons. The molecule has 1 aliphatic carbocycles. The lowest BCUT2D eigenvalue weighted by atomic mass is 9.83. The van der Waals surface area contributed by atoms with E-state index in [1.54, 1.807) is 5.57 Å². The molecular formula is C23H24ClNO. The van der Waals surface area contributed by atoms with E-state index in [4.69, 9.17) is 16.3 Å². The van der Waals surface area contributed by atoms with Gasteiger partial charge in [0.05, 0.1) is 0 Å². The Balaban J connectivity index is 1.50. The van der Waals surface area contributed by atoms with E-state index < -0.39 is 0 Å². The van der Waals surface area contributed by atoms with E-state index in [9.17, 15) is 0 Å². The van der Waals surface area contributed by atoms with E-state index in [-0.39, 0.29) is 0 Å². The first kappa shape index (κ1) is 16.4. The van der Waals surface area contributed by atoms with Crippen LogP contribution in [-0.2, 0) is 0 Å². The summed E-state index contributed by atoms with van der Waals surface area (Å²) in [5.74, 6) is 2.83. The van der Waals surface area contributed by atoms with Gasteiger partial charge in [-0.15, -0.1) is 0 Å². The van der Waals surface area contributed by atoms with Crippen molar-refractivity contribution in [3.05, 3.63) is 64.2 Å². The molecule has 2 aromatic carbocycles. The predicted octanol–water partition coefficient (Wildman–Crippen LogP) is 6.14. The summed E-state index contributed by atoms with van der Waals surface area (Å²) in [7, 11) is 0. The highest BCUT2D eigenvalue weighted by molar-refractivity contribution is 6.30. The van der Waals surface area contributed by atoms with E-state index in [0.717, 1.165) is 40.8 Å². The van der Waals surface area contributed by atoms with Crippen LogP contribution in [0.15, 0.2) is 48.0 Å². The first-order valence-electron chi connectivity index (χ1n) is 9.79. The maximum absolute atomic E-state index is 6.32. The summed E-state index contributed by atoms with van der Waals surface area (Å²) in [6.07, 6.45) is 6.58. The Morgan fingerprint density at radius 3 is 2.50 bits per heavy atom. The Labute approximate surface area is 160 Å². The lowest BCUT2D eigenvalue weighted by Crippen LogP contribution is -2.37. The molecule has 1 saturated heterocycles. The van der Waals surface area contributed by atoms with Crippen LogP contribution >= 0.6 is 11.6 Å². The second-order valence-corrected chi connectivity index (χ2v) is 8.25. The van der Waals surface area contributed by atoms with Gasteiger partial charge in [-0.25, -0.2) is 0 Å². The van der Waals surface area contributed by atoms with Crippen molar-refractivity contribution in [2.45, 2.75) is 32.1 Å². The number of likely N-dealkylation sites (tertiary alicyclic amines) is 1. The van der Waals surface area contributed by atoms with Gasteiger partial charge >= 0.3 is 0 Å². The number of para-hydroxylation sites is 1. The SMILES string of the molecule is Clc1ccc2c(c1)C(=C1CCN(CC3CCC3)CC1)c1ccccc1O2. The molecular weight excluding hydrogens is 342 g/mol. The average Bonchev–Trinajstić information content (AvgIpc) is 2.63. The summed E-state index contributed by atoms with van der Waals surface area (Å²) in [5, 5.41) is 0.771. The van der Waals surface area contributed by atoms with Crippen LogP contribution in [0.2, 0.25) is 5.02 Å². The molecule has 5 rings (SSSR count). The Kier molecular flexibility index (Phi) is 4.26. The third kappa shape index (κ3) is 2.95. The monoisotopic (exact) mass is 365 g/mol. The van der Waals surface area contributed by atoms with Crippen LogP contribution in [0.4, 0.5) is 0 Å². The van der Waals surface area contributed by atoms with Gasteiger partial charge in [0, 0.05) is 35.8 Å². The molecule has 3 aliphatic rings. The summed E-state index contributed by atoms with van der Waals surface area (Å²) in [6.45, 7) is 3.65. The van der Waals surface area contributed by atoms with E-state index in [0.29, 0.717) is 0 Å². The number of rotatable bonds is 2. The van der Waals surface area contributed by atoms with E-state index >= 15 is 0 Å². The van der Waals surface area contributed by atoms with Crippen LogP contribution in [0.3, 0.4) is 0 Å². The molecule has 2 heterocycles. The molecule has 0 bridgehead atoms. The summed E-state index contributed by atoms with van der Waals surface area (Å²) < 4.78 is 6.15. The number of hydrogen-bond acceptors (Lipinski definition) is 2. The molecule has 2 nitrogen and oxygen atoms in total. The largest absolute Gasteiger partial charge is 0.456 e. The molecule has 0 spiro atoms. The van der Waals surface area contributed by atoms with Gasteiger partial charge in [-0.2, -0.15) is 0 Å². The number of benzene rings is 2. The number of piperidine rings is 1. The van der Waals surface area contributed by atoms with Gasteiger partial charge in [0.1, 0.15) is 11.5 Å². The fraction of sp³-hybridized carbons (Fsp3) is 0.391. The number of halogens is 1. The van der Waals surface area contributed by atoms with E-state index in [2.05, 4.69) is 29.2 Å². The molecule has 0 atom stereocenters. The Hall–Kier alpha value is -1.77. The van der Waals surface area contributed by atoms with Gasteiger partial charge in [-0.1, -0.05) is 41.8 Å². The van der Waals surface area contributed by atoms with Crippen LogP contribution in [0.25, 0.3) is 5.57 Å². The van der Waals surface area contributed by atoms with Crippen molar-refractivity contribution in [3.8, 4) is 11.5 Å². The summed E-state index contributed by atoms with van der Waals surface area (Å²) in [6, 6.07) is 14.4. The highest BCUT2D eigenvalue weighted by atomic mass is 35.5. The fourth-order valence-electron chi connectivity index (χ4n) is 4.49. The molecule has 134 valence electrons. The average molecular weight is 366 g/mol. The molecule has 0 unspecified atom stereocenters. The Morgan fingerprint density at radius 2 is 1.73 bits per heavy atom. The minimum absolute atomic E-state index is 0.771. The van der Waals surface area contributed by atoms with Crippen LogP contribution in [0.5, 0.6) is 11.5 Å². The van der Waals surface area contributed by atoms with Crippen molar-refractivity contribution in [1.29, 1.82) is 0 Å². The molecule has 3 heteroatoms. The molecule has 2 fully saturated rings. The molecule has 2 aliphatic heterocycles. The van der Waals surface area contributed by atoms with E-state index in [1.165, 1.54) is 50.0 Å². The summed E-state index contributed by atoms with van der Waals surface area (Å²) in [5.41, 5.74) is 5.27. The quantitative estimate of drug-likeness (QED) is 0.540. The standard InChI is InChI=1S/C23H24ClNO/c24-18-8-9-22-20(14-18)23(19-6-1-2-7-21(19)26-22)17-10-12-25(13-11-17)15-16-4-3-5-16/h1-2,6-9,14,16H,3-5,10-13,15H2. The van der Waals surface area contributed by atoms with Gasteiger partial charge < -0.3 is 9.64 Å². The topological polar surface area (TPSA) is 12.5 Å². The molecule has 2 aromatic rings. The number of fused-ring (bicyclic) bond motifs is 2. The third-order valence-electron chi connectivity index (χ3n) is 6.14. The van der Waals surface area contributed by atoms with Gasteiger partial charge in [-0.05, 0) is 61.4 Å². The van der Waals surface area contributed by atoms with Crippen molar-refractivity contribution < 1.29 is 4.74 Å². The smallest absolute Gasteiger partial charge is 0.135 e. The van der Waals surface area contributed by atoms with Gasteiger partial charge in [0.15, 0.2) is 0 Å². The first-order chi connectivity index (χ1) is 12.8. The molecule has 0 amide bonds. The normalized spacial score (nSPS) is 20.2. The Bertz CT molecular complexity index is 858. The van der Waals surface area contributed by atoms with Crippen molar-refractivity contribution in [3.63, 3.8) is 0 Å². The second-order valence-electron chi connectivity index (χ2n) is 7.81. The van der Waals surface area contributed by atoms with Crippen molar-refractivity contribution in [2.24, 2.45) is 5.92 Å². The van der Waals surface area contributed by atoms with Crippen LogP contribution < -0.4 is 4.74 Å². The highest BCUT2D eigenvalue weighted by Crippen LogP contribution is 2.47. The van der Waals surface area contributed by atoms with Crippen LogP contribution in [0, 0.1) is 5.92 Å². The maximum Gasteiger partial charge on any atom is 0.135 e. The molecule has 26 heavy (non-hydrogen) atoms. The summed E-state index contributed by atoms with van der Waals surface area (Å²) >= 11 is 6.32. The lowest BCUT2D eigenvalue weighted by Gasteiger charge is -2.36. The molecule has 1 saturated carbocycles. The van der Waals surface area contributed by atoms with Gasteiger partial charge in [0.2, 0.25) is 0 Å². The lowest BCUT2D eigenvalue weighted by molar-refractivity contribution is 0.169. The highest BCUT2D eigenvalue weighted by Gasteiger charge is 2.28. The van der Waals surface area contributed by atoms with Crippen LogP contribution in [0.1, 0.15) is 43.2 Å². The summed E-state index contributed by atoms with van der Waals surface area (Å²) in [4.78, 5) is 2.66.